The van der Waals surface area contributed by atoms with Crippen molar-refractivity contribution in [2.45, 2.75) is 0 Å². The molecule has 114 valence electrons. The molecule has 3 aromatic rings. The minimum Gasteiger partial charge on any atom is -0.478 e. The van der Waals surface area contributed by atoms with Gasteiger partial charge in [-0.25, -0.2) is 9.78 Å². The van der Waals surface area contributed by atoms with Crippen LogP contribution in [0, 0.1) is 0 Å². The van der Waals surface area contributed by atoms with Crippen LogP contribution in [-0.4, -0.2) is 22.0 Å². The summed E-state index contributed by atoms with van der Waals surface area (Å²) >= 11 is 1.24. The van der Waals surface area contributed by atoms with Gasteiger partial charge in [0.15, 0.2) is 5.13 Å². The summed E-state index contributed by atoms with van der Waals surface area (Å²) < 4.78 is 0.715. The summed E-state index contributed by atoms with van der Waals surface area (Å²) in [6.07, 6.45) is 3.15. The van der Waals surface area contributed by atoms with Gasteiger partial charge < -0.3 is 5.11 Å². The molecule has 0 saturated heterocycles. The Morgan fingerprint density at radius 2 is 1.91 bits per heavy atom. The number of carboxylic acid groups (broad SMARTS) is 1. The molecular formula is C17H12N2O3S. The number of fused-ring (bicyclic) bond motifs is 1. The number of amides is 1. The Labute approximate surface area is 135 Å². The van der Waals surface area contributed by atoms with Crippen molar-refractivity contribution >= 4 is 44.6 Å². The minimum absolute atomic E-state index is 0.197. The number of hydrogen-bond acceptors (Lipinski definition) is 4. The van der Waals surface area contributed by atoms with Gasteiger partial charge in [0.2, 0.25) is 5.91 Å². The number of aromatic carboxylic acids is 1. The van der Waals surface area contributed by atoms with E-state index in [-0.39, 0.29) is 11.5 Å². The summed E-state index contributed by atoms with van der Waals surface area (Å²) in [5, 5.41) is 12.1. The Hall–Kier alpha value is -2.99. The Bertz CT molecular complexity index is 901. The normalized spacial score (nSPS) is 11.0. The standard InChI is InChI=1S/C17H12N2O3S/c20-15(9-6-11-4-2-1-3-5-11)19-17-18-13-8-7-12(16(21)22)10-14(13)23-17/h1-10H,(H,21,22)(H,18,19,20). The quantitative estimate of drug-likeness (QED) is 0.718. The van der Waals surface area contributed by atoms with Crippen molar-refractivity contribution < 1.29 is 14.7 Å². The second-order valence-corrected chi connectivity index (χ2v) is 5.77. The topological polar surface area (TPSA) is 79.3 Å². The van der Waals surface area contributed by atoms with Crippen LogP contribution in [-0.2, 0) is 4.79 Å². The van der Waals surface area contributed by atoms with Crippen LogP contribution in [0.5, 0.6) is 0 Å². The van der Waals surface area contributed by atoms with Crippen LogP contribution < -0.4 is 5.32 Å². The van der Waals surface area contributed by atoms with E-state index in [0.717, 1.165) is 5.56 Å². The van der Waals surface area contributed by atoms with E-state index < -0.39 is 5.97 Å². The largest absolute Gasteiger partial charge is 0.478 e. The number of carbonyl (C=O) groups excluding carboxylic acids is 1. The molecule has 2 aromatic carbocycles. The number of hydrogen-bond donors (Lipinski definition) is 2. The molecule has 1 heterocycles. The van der Waals surface area contributed by atoms with E-state index in [9.17, 15) is 9.59 Å². The molecule has 0 aliphatic heterocycles. The van der Waals surface area contributed by atoms with Crippen LogP contribution in [0.25, 0.3) is 16.3 Å². The van der Waals surface area contributed by atoms with Crippen molar-refractivity contribution in [3.8, 4) is 0 Å². The van der Waals surface area contributed by atoms with Gasteiger partial charge in [-0.3, -0.25) is 10.1 Å². The molecule has 0 aliphatic carbocycles. The lowest BCUT2D eigenvalue weighted by atomic mass is 10.2. The zero-order chi connectivity index (χ0) is 16.2. The maximum Gasteiger partial charge on any atom is 0.335 e. The van der Waals surface area contributed by atoms with Crippen LogP contribution in [0.3, 0.4) is 0 Å². The van der Waals surface area contributed by atoms with Crippen LogP contribution >= 0.6 is 11.3 Å². The monoisotopic (exact) mass is 324 g/mol. The highest BCUT2D eigenvalue weighted by molar-refractivity contribution is 7.22. The molecule has 0 saturated carbocycles. The number of benzene rings is 2. The maximum atomic E-state index is 11.9. The lowest BCUT2D eigenvalue weighted by molar-refractivity contribution is -0.111. The van der Waals surface area contributed by atoms with E-state index in [0.29, 0.717) is 15.3 Å². The van der Waals surface area contributed by atoms with Gasteiger partial charge >= 0.3 is 5.97 Å². The van der Waals surface area contributed by atoms with Gasteiger partial charge in [0.1, 0.15) is 0 Å². The summed E-state index contributed by atoms with van der Waals surface area (Å²) in [4.78, 5) is 27.1. The smallest absolute Gasteiger partial charge is 0.335 e. The molecular weight excluding hydrogens is 312 g/mol. The first-order valence-electron chi connectivity index (χ1n) is 6.80. The molecule has 6 heteroatoms. The van der Waals surface area contributed by atoms with Crippen LogP contribution in [0.1, 0.15) is 15.9 Å². The molecule has 2 N–H and O–H groups in total. The van der Waals surface area contributed by atoms with Gasteiger partial charge in [0.25, 0.3) is 0 Å². The van der Waals surface area contributed by atoms with E-state index in [2.05, 4.69) is 10.3 Å². The summed E-state index contributed by atoms with van der Waals surface area (Å²) in [6.45, 7) is 0. The van der Waals surface area contributed by atoms with Crippen molar-refractivity contribution in [2.24, 2.45) is 0 Å². The molecule has 23 heavy (non-hydrogen) atoms. The Balaban J connectivity index is 1.74. The van der Waals surface area contributed by atoms with Crippen molar-refractivity contribution in [1.82, 2.24) is 4.98 Å². The fraction of sp³-hybridized carbons (Fsp3) is 0. The molecule has 0 spiro atoms. The molecule has 0 fully saturated rings. The number of aromatic nitrogens is 1. The number of nitrogens with one attached hydrogen (secondary N) is 1. The summed E-state index contributed by atoms with van der Waals surface area (Å²) in [5.41, 5.74) is 1.78. The second-order valence-electron chi connectivity index (χ2n) is 4.74. The SMILES string of the molecule is O=C(C=Cc1ccccc1)Nc1nc2ccc(C(=O)O)cc2s1. The summed E-state index contributed by atoms with van der Waals surface area (Å²) in [6, 6.07) is 14.2. The van der Waals surface area contributed by atoms with Gasteiger partial charge in [-0.2, -0.15) is 0 Å². The van der Waals surface area contributed by atoms with Gasteiger partial charge in [-0.15, -0.1) is 0 Å². The third-order valence-electron chi connectivity index (χ3n) is 3.09. The molecule has 0 radical (unpaired) electrons. The van der Waals surface area contributed by atoms with E-state index >= 15 is 0 Å². The van der Waals surface area contributed by atoms with E-state index in [1.165, 1.54) is 23.5 Å². The third kappa shape index (κ3) is 3.61. The first kappa shape index (κ1) is 14.9. The first-order chi connectivity index (χ1) is 11.1. The first-order valence-corrected chi connectivity index (χ1v) is 7.61. The van der Waals surface area contributed by atoms with Gasteiger partial charge in [-0.05, 0) is 29.8 Å². The molecule has 0 atom stereocenters. The predicted octanol–water partition coefficient (Wildman–Crippen LogP) is 3.65. The number of carboxylic acids is 1. The van der Waals surface area contributed by atoms with Crippen molar-refractivity contribution in [3.05, 3.63) is 65.7 Å². The molecule has 1 amide bonds. The molecule has 1 aromatic heterocycles. The number of rotatable bonds is 4. The number of nitrogens with zero attached hydrogens (tertiary/aromatic N) is 1. The van der Waals surface area contributed by atoms with Crippen molar-refractivity contribution in [3.63, 3.8) is 0 Å². The summed E-state index contributed by atoms with van der Waals surface area (Å²) in [5.74, 6) is -1.27. The predicted molar refractivity (Wildman–Crippen MR) is 90.7 cm³/mol. The van der Waals surface area contributed by atoms with Crippen molar-refractivity contribution in [2.75, 3.05) is 5.32 Å². The number of carbonyl (C=O) groups is 2. The number of anilines is 1. The fourth-order valence-corrected chi connectivity index (χ4v) is 2.90. The van der Waals surface area contributed by atoms with E-state index in [1.807, 2.05) is 30.3 Å². The second kappa shape index (κ2) is 6.41. The zero-order valence-corrected chi connectivity index (χ0v) is 12.7. The molecule has 3 rings (SSSR count). The molecule has 0 unspecified atom stereocenters. The molecule has 0 aliphatic rings. The van der Waals surface area contributed by atoms with Crippen molar-refractivity contribution in [1.29, 1.82) is 0 Å². The van der Waals surface area contributed by atoms with E-state index in [1.54, 1.807) is 18.2 Å². The Kier molecular flexibility index (Phi) is 4.16. The van der Waals surface area contributed by atoms with Gasteiger partial charge in [-0.1, -0.05) is 41.7 Å². The highest BCUT2D eigenvalue weighted by atomic mass is 32.1. The average Bonchev–Trinajstić information content (AvgIpc) is 2.95. The Morgan fingerprint density at radius 3 is 2.65 bits per heavy atom. The minimum atomic E-state index is -0.989. The van der Waals surface area contributed by atoms with Crippen LogP contribution in [0.4, 0.5) is 5.13 Å². The van der Waals surface area contributed by atoms with E-state index in [4.69, 9.17) is 5.11 Å². The van der Waals surface area contributed by atoms with Crippen LogP contribution in [0.2, 0.25) is 0 Å². The highest BCUT2D eigenvalue weighted by Gasteiger charge is 2.09. The lowest BCUT2D eigenvalue weighted by Crippen LogP contribution is -2.07. The average molecular weight is 324 g/mol. The fourth-order valence-electron chi connectivity index (χ4n) is 1.99. The molecule has 0 bridgehead atoms. The molecule has 5 nitrogen and oxygen atoms in total. The number of thiazole rings is 1. The lowest BCUT2D eigenvalue weighted by Gasteiger charge is -1.95. The third-order valence-corrected chi connectivity index (χ3v) is 4.03. The summed E-state index contributed by atoms with van der Waals surface area (Å²) in [7, 11) is 0. The Morgan fingerprint density at radius 1 is 1.13 bits per heavy atom. The zero-order valence-electron chi connectivity index (χ0n) is 11.9. The van der Waals surface area contributed by atoms with Gasteiger partial charge in [0.05, 0.1) is 15.8 Å². The highest BCUT2D eigenvalue weighted by Crippen LogP contribution is 2.26. The maximum absolute atomic E-state index is 11.9. The van der Waals surface area contributed by atoms with Crippen LogP contribution in [0.15, 0.2) is 54.6 Å². The van der Waals surface area contributed by atoms with Gasteiger partial charge in [0, 0.05) is 6.08 Å².